The molecule has 0 spiro atoms. The molecule has 0 atom stereocenters. The van der Waals surface area contributed by atoms with Crippen LogP contribution in [0.15, 0.2) is 42.5 Å². The Labute approximate surface area is 164 Å². The van der Waals surface area contributed by atoms with Gasteiger partial charge in [0.1, 0.15) is 12.4 Å². The average Bonchev–Trinajstić information content (AvgIpc) is 2.59. The van der Waals surface area contributed by atoms with E-state index in [4.69, 9.17) is 20.9 Å². The fourth-order valence-electron chi connectivity index (χ4n) is 2.30. The lowest BCUT2D eigenvalue weighted by atomic mass is 10.1. The molecule has 152 valence electrons. The van der Waals surface area contributed by atoms with E-state index < -0.39 is 27.6 Å². The molecule has 0 bridgehead atoms. The van der Waals surface area contributed by atoms with Gasteiger partial charge in [0.15, 0.2) is 5.78 Å². The molecule has 5 nitrogen and oxygen atoms in total. The Morgan fingerprint density at radius 1 is 1.11 bits per heavy atom. The van der Waals surface area contributed by atoms with Crippen LogP contribution < -0.4 is 4.74 Å². The summed E-state index contributed by atoms with van der Waals surface area (Å²) >= 11 is 5.82. The first-order chi connectivity index (χ1) is 13.0. The van der Waals surface area contributed by atoms with Crippen LogP contribution in [0.4, 0.5) is 13.2 Å². The molecule has 10 heteroatoms. The van der Waals surface area contributed by atoms with Crippen LogP contribution in [0.25, 0.3) is 0 Å². The highest BCUT2D eigenvalue weighted by Gasteiger charge is 2.31. The third-order valence-corrected chi connectivity index (χ3v) is 4.84. The molecular formula is C18H16ClF3O5S. The van der Waals surface area contributed by atoms with E-state index in [9.17, 15) is 26.4 Å². The summed E-state index contributed by atoms with van der Waals surface area (Å²) in [6.45, 7) is 0.0301. The minimum atomic E-state index is -4.49. The molecule has 0 saturated carbocycles. The van der Waals surface area contributed by atoms with Crippen molar-refractivity contribution >= 4 is 27.5 Å². The number of carbonyl (C=O) groups is 1. The van der Waals surface area contributed by atoms with E-state index in [0.717, 1.165) is 18.2 Å². The largest absolute Gasteiger partial charge is 0.487 e. The summed E-state index contributed by atoms with van der Waals surface area (Å²) in [6.07, 6.45) is -4.52. The van der Waals surface area contributed by atoms with Crippen LogP contribution in [0.3, 0.4) is 0 Å². The minimum Gasteiger partial charge on any atom is -0.487 e. The maximum atomic E-state index is 12.6. The number of hydrogen-bond donors (Lipinski definition) is 1. The SMILES string of the molecule is O=C(CCCS(=O)(=O)O)c1ccc(COc2ccc(C(F)(F)F)cc2Cl)cc1. The van der Waals surface area contributed by atoms with Crippen molar-refractivity contribution in [3.05, 3.63) is 64.2 Å². The molecule has 2 rings (SSSR count). The summed E-state index contributed by atoms with van der Waals surface area (Å²) in [5.41, 5.74) is 0.152. The molecule has 0 radical (unpaired) electrons. The van der Waals surface area contributed by atoms with Gasteiger partial charge in [0.2, 0.25) is 0 Å². The fraction of sp³-hybridized carbons (Fsp3) is 0.278. The van der Waals surface area contributed by atoms with Gasteiger partial charge in [-0.05, 0) is 30.2 Å². The van der Waals surface area contributed by atoms with Crippen molar-refractivity contribution < 1.29 is 35.7 Å². The number of halogens is 4. The summed E-state index contributed by atoms with van der Waals surface area (Å²) < 4.78 is 73.2. The highest BCUT2D eigenvalue weighted by molar-refractivity contribution is 7.85. The van der Waals surface area contributed by atoms with Crippen molar-refractivity contribution in [2.45, 2.75) is 25.6 Å². The summed E-state index contributed by atoms with van der Waals surface area (Å²) in [5, 5.41) is -0.166. The number of hydrogen-bond acceptors (Lipinski definition) is 4. The third kappa shape index (κ3) is 6.81. The normalized spacial score (nSPS) is 12.0. The molecule has 0 aromatic heterocycles. The molecule has 0 fully saturated rings. The predicted octanol–water partition coefficient (Wildman–Crippen LogP) is 4.79. The fourth-order valence-corrected chi connectivity index (χ4v) is 3.05. The zero-order valence-electron chi connectivity index (χ0n) is 14.4. The first-order valence-electron chi connectivity index (χ1n) is 8.02. The second-order valence-electron chi connectivity index (χ2n) is 5.94. The lowest BCUT2D eigenvalue weighted by Gasteiger charge is -2.11. The number of rotatable bonds is 8. The zero-order valence-corrected chi connectivity index (χ0v) is 15.9. The highest BCUT2D eigenvalue weighted by Crippen LogP contribution is 2.34. The van der Waals surface area contributed by atoms with Crippen molar-refractivity contribution in [3.63, 3.8) is 0 Å². The quantitative estimate of drug-likeness (QED) is 0.475. The van der Waals surface area contributed by atoms with E-state index in [-0.39, 0.29) is 36.0 Å². The average molecular weight is 437 g/mol. The molecule has 0 aliphatic heterocycles. The Bertz CT molecular complexity index is 941. The zero-order chi connectivity index (χ0) is 20.9. The lowest BCUT2D eigenvalue weighted by molar-refractivity contribution is -0.137. The van der Waals surface area contributed by atoms with Gasteiger partial charge in [-0.1, -0.05) is 35.9 Å². The van der Waals surface area contributed by atoms with Gasteiger partial charge >= 0.3 is 6.18 Å². The topological polar surface area (TPSA) is 80.7 Å². The molecule has 0 heterocycles. The summed E-state index contributed by atoms with van der Waals surface area (Å²) in [5.74, 6) is -0.666. The summed E-state index contributed by atoms with van der Waals surface area (Å²) in [7, 11) is -4.10. The van der Waals surface area contributed by atoms with Crippen molar-refractivity contribution in [2.24, 2.45) is 0 Å². The molecule has 0 saturated heterocycles. The van der Waals surface area contributed by atoms with Crippen LogP contribution in [0.2, 0.25) is 5.02 Å². The molecule has 2 aromatic rings. The molecule has 0 unspecified atom stereocenters. The first kappa shape index (κ1) is 22.2. The monoisotopic (exact) mass is 436 g/mol. The molecule has 0 aliphatic carbocycles. The van der Waals surface area contributed by atoms with Gasteiger partial charge < -0.3 is 4.74 Å². The van der Waals surface area contributed by atoms with Gasteiger partial charge in [-0.15, -0.1) is 0 Å². The second-order valence-corrected chi connectivity index (χ2v) is 7.92. The Morgan fingerprint density at radius 2 is 1.75 bits per heavy atom. The van der Waals surface area contributed by atoms with Crippen molar-refractivity contribution in [2.75, 3.05) is 5.75 Å². The first-order valence-corrected chi connectivity index (χ1v) is 10.0. The summed E-state index contributed by atoms with van der Waals surface area (Å²) in [4.78, 5) is 12.0. The molecule has 2 aromatic carbocycles. The number of benzene rings is 2. The lowest BCUT2D eigenvalue weighted by Crippen LogP contribution is -2.07. The highest BCUT2D eigenvalue weighted by atomic mass is 35.5. The van der Waals surface area contributed by atoms with Gasteiger partial charge in [-0.3, -0.25) is 9.35 Å². The van der Waals surface area contributed by atoms with Crippen LogP contribution in [0.5, 0.6) is 5.75 Å². The van der Waals surface area contributed by atoms with Gasteiger partial charge in [-0.25, -0.2) is 0 Å². The molecule has 0 amide bonds. The van der Waals surface area contributed by atoms with E-state index in [1.165, 1.54) is 12.1 Å². The van der Waals surface area contributed by atoms with Crippen LogP contribution in [-0.2, 0) is 22.9 Å². The molecule has 0 aliphatic rings. The standard InChI is InChI=1S/C18H16ClF3O5S/c19-15-10-14(18(20,21)22)7-8-17(15)27-11-12-3-5-13(6-4-12)16(23)2-1-9-28(24,25)26/h3-8,10H,1-2,9,11H2,(H,24,25,26). The van der Waals surface area contributed by atoms with Gasteiger partial charge in [0.05, 0.1) is 16.3 Å². The predicted molar refractivity (Wildman–Crippen MR) is 97.2 cm³/mol. The van der Waals surface area contributed by atoms with Crippen LogP contribution in [0.1, 0.15) is 34.3 Å². The number of alkyl halides is 3. The Balaban J connectivity index is 1.93. The van der Waals surface area contributed by atoms with E-state index in [1.54, 1.807) is 12.1 Å². The maximum absolute atomic E-state index is 12.6. The van der Waals surface area contributed by atoms with E-state index in [1.807, 2.05) is 0 Å². The van der Waals surface area contributed by atoms with Crippen LogP contribution in [-0.4, -0.2) is 24.5 Å². The number of carbonyl (C=O) groups excluding carboxylic acids is 1. The summed E-state index contributed by atoms with van der Waals surface area (Å²) in [6, 6.07) is 9.06. The van der Waals surface area contributed by atoms with E-state index in [2.05, 4.69) is 0 Å². The Hall–Kier alpha value is -2.10. The van der Waals surface area contributed by atoms with E-state index >= 15 is 0 Å². The number of ether oxygens (including phenoxy) is 1. The Kier molecular flexibility index (Phi) is 7.08. The van der Waals surface area contributed by atoms with E-state index in [0.29, 0.717) is 11.1 Å². The number of ketones is 1. The third-order valence-electron chi connectivity index (χ3n) is 3.74. The van der Waals surface area contributed by atoms with Crippen molar-refractivity contribution in [1.82, 2.24) is 0 Å². The van der Waals surface area contributed by atoms with Crippen LogP contribution in [0, 0.1) is 0 Å². The minimum absolute atomic E-state index is 0.00888. The van der Waals surface area contributed by atoms with Crippen molar-refractivity contribution in [1.29, 1.82) is 0 Å². The van der Waals surface area contributed by atoms with Crippen molar-refractivity contribution in [3.8, 4) is 5.75 Å². The smallest absolute Gasteiger partial charge is 0.416 e. The maximum Gasteiger partial charge on any atom is 0.416 e. The van der Waals surface area contributed by atoms with Crippen LogP contribution >= 0.6 is 11.6 Å². The molecule has 1 N–H and O–H groups in total. The van der Waals surface area contributed by atoms with Gasteiger partial charge in [0.25, 0.3) is 10.1 Å². The molecule has 28 heavy (non-hydrogen) atoms. The molecular weight excluding hydrogens is 421 g/mol. The number of Topliss-reactive ketones (excluding diaryl/α,β-unsaturated/α-hetero) is 1. The van der Waals surface area contributed by atoms with Gasteiger partial charge in [-0.2, -0.15) is 21.6 Å². The second kappa shape index (κ2) is 8.93. The van der Waals surface area contributed by atoms with Gasteiger partial charge in [0, 0.05) is 12.0 Å². The Morgan fingerprint density at radius 3 is 2.29 bits per heavy atom.